The monoisotopic (exact) mass is 623 g/mol. The van der Waals surface area contributed by atoms with Crippen LogP contribution >= 0.6 is 0 Å². The van der Waals surface area contributed by atoms with E-state index in [1.54, 1.807) is 19.1 Å². The van der Waals surface area contributed by atoms with E-state index < -0.39 is 48.5 Å². The maximum atomic E-state index is 13.6. The molecular weight excluding hydrogens is 583 g/mol. The van der Waals surface area contributed by atoms with Gasteiger partial charge in [-0.25, -0.2) is 18.0 Å². The number of cyclic esters (lactones) is 1. The van der Waals surface area contributed by atoms with E-state index in [-0.39, 0.29) is 22.5 Å². The minimum Gasteiger partial charge on any atom is -0.467 e. The number of carbonyl (C=O) groups excluding carboxylic acids is 2. The molecule has 230 valence electrons. The van der Waals surface area contributed by atoms with Gasteiger partial charge in [0.05, 0.1) is 12.0 Å². The molecule has 10 heteroatoms. The number of rotatable bonds is 9. The highest BCUT2D eigenvalue weighted by Gasteiger charge is 2.54. The van der Waals surface area contributed by atoms with E-state index in [1.165, 1.54) is 19.2 Å². The average Bonchev–Trinajstić information content (AvgIpc) is 2.98. The number of esters is 1. The van der Waals surface area contributed by atoms with Crippen LogP contribution < -0.4 is 10.4 Å². The van der Waals surface area contributed by atoms with Gasteiger partial charge in [-0.3, -0.25) is 0 Å². The number of aryl methyl sites for hydroxylation is 1. The molecule has 1 amide bonds. The Morgan fingerprint density at radius 2 is 1.47 bits per heavy atom. The summed E-state index contributed by atoms with van der Waals surface area (Å²) in [5.41, 5.74) is 0.854. The molecule has 0 spiro atoms. The van der Waals surface area contributed by atoms with Crippen LogP contribution in [0.3, 0.4) is 0 Å². The van der Waals surface area contributed by atoms with E-state index >= 15 is 0 Å². The van der Waals surface area contributed by atoms with Crippen molar-refractivity contribution >= 4 is 40.8 Å². The van der Waals surface area contributed by atoms with E-state index in [1.807, 2.05) is 50.2 Å². The first kappa shape index (κ1) is 32.4. The number of ether oxygens (including phenoxy) is 2. The number of carbonyl (C=O) groups is 2. The summed E-state index contributed by atoms with van der Waals surface area (Å²) in [6.45, 7) is 12.2. The van der Waals surface area contributed by atoms with Crippen LogP contribution in [0.2, 0.25) is 5.04 Å². The first-order valence-electron chi connectivity index (χ1n) is 14.4. The Labute approximate surface area is 256 Å². The largest absolute Gasteiger partial charge is 0.467 e. The van der Waals surface area contributed by atoms with Crippen molar-refractivity contribution in [2.24, 2.45) is 11.8 Å². The van der Waals surface area contributed by atoms with Gasteiger partial charge in [0.15, 0.2) is 6.04 Å². The van der Waals surface area contributed by atoms with Crippen molar-refractivity contribution in [2.45, 2.75) is 63.6 Å². The van der Waals surface area contributed by atoms with Crippen LogP contribution in [0.15, 0.2) is 89.8 Å². The Bertz CT molecular complexity index is 1480. The van der Waals surface area contributed by atoms with Crippen LogP contribution in [0.4, 0.5) is 4.79 Å². The number of benzene rings is 3. The number of hydrogen-bond donors (Lipinski definition) is 0. The van der Waals surface area contributed by atoms with Crippen LogP contribution in [0.1, 0.15) is 40.2 Å². The maximum Gasteiger partial charge on any atom is 0.424 e. The lowest BCUT2D eigenvalue weighted by atomic mass is 9.87. The second-order valence-corrected chi connectivity index (χ2v) is 18.4. The van der Waals surface area contributed by atoms with Crippen LogP contribution in [-0.4, -0.2) is 59.0 Å². The highest BCUT2D eigenvalue weighted by atomic mass is 32.2. The summed E-state index contributed by atoms with van der Waals surface area (Å²) in [5, 5.41) is 1.95. The standard InChI is InChI=1S/C33H41NO7SSi/c1-23-18-20-26(21-19-23)42(37,38)34-29(31(35)39-7)25(3)30(41-32(34)36)24(2)22-40-43(33(4,5)6,27-14-10-8-11-15-27)28-16-12-9-13-17-28/h8-21,24-25,29-30H,22H2,1-7H3/t24-,25-,29-,30+/m0/s1. The van der Waals surface area contributed by atoms with E-state index in [2.05, 4.69) is 45.0 Å². The quantitative estimate of drug-likeness (QED) is 0.247. The first-order valence-corrected chi connectivity index (χ1v) is 17.7. The lowest BCUT2D eigenvalue weighted by Gasteiger charge is -2.45. The minimum atomic E-state index is -4.41. The van der Waals surface area contributed by atoms with Gasteiger partial charge in [-0.05, 0) is 34.5 Å². The molecule has 0 saturated carbocycles. The molecule has 0 radical (unpaired) electrons. The van der Waals surface area contributed by atoms with Crippen molar-refractivity contribution in [3.05, 3.63) is 90.5 Å². The van der Waals surface area contributed by atoms with Gasteiger partial charge in [-0.15, -0.1) is 0 Å². The van der Waals surface area contributed by atoms with Gasteiger partial charge in [0, 0.05) is 18.4 Å². The van der Waals surface area contributed by atoms with Gasteiger partial charge >= 0.3 is 12.1 Å². The third kappa shape index (κ3) is 6.14. The molecule has 4 atom stereocenters. The van der Waals surface area contributed by atoms with Gasteiger partial charge in [0.25, 0.3) is 18.3 Å². The van der Waals surface area contributed by atoms with Crippen molar-refractivity contribution in [3.8, 4) is 0 Å². The van der Waals surface area contributed by atoms with Crippen molar-refractivity contribution in [2.75, 3.05) is 13.7 Å². The zero-order chi connectivity index (χ0) is 31.6. The van der Waals surface area contributed by atoms with Crippen molar-refractivity contribution in [1.29, 1.82) is 0 Å². The number of nitrogens with zero attached hydrogens (tertiary/aromatic N) is 1. The fourth-order valence-electron chi connectivity index (χ4n) is 6.03. The zero-order valence-corrected chi connectivity index (χ0v) is 27.6. The summed E-state index contributed by atoms with van der Waals surface area (Å²) >= 11 is 0. The van der Waals surface area contributed by atoms with E-state index in [4.69, 9.17) is 13.9 Å². The molecular formula is C33H41NO7SSi. The van der Waals surface area contributed by atoms with Crippen LogP contribution in [0.25, 0.3) is 0 Å². The molecule has 0 aromatic heterocycles. The lowest BCUT2D eigenvalue weighted by molar-refractivity contribution is -0.152. The molecule has 1 heterocycles. The lowest BCUT2D eigenvalue weighted by Crippen LogP contribution is -2.67. The predicted octanol–water partition coefficient (Wildman–Crippen LogP) is 4.89. The van der Waals surface area contributed by atoms with Crippen LogP contribution in [0, 0.1) is 18.8 Å². The summed E-state index contributed by atoms with van der Waals surface area (Å²) in [6.07, 6.45) is -1.92. The molecule has 0 unspecified atom stereocenters. The van der Waals surface area contributed by atoms with Gasteiger partial charge in [-0.1, -0.05) is 113 Å². The summed E-state index contributed by atoms with van der Waals surface area (Å²) in [4.78, 5) is 26.4. The SMILES string of the molecule is COC(=O)[C@@H]1[C@H](C)[C@@H]([C@@H](C)CO[Si](c2ccccc2)(c2ccccc2)C(C)(C)C)OC(=O)N1S(=O)(=O)c1ccc(C)cc1. The minimum absolute atomic E-state index is 0.113. The van der Waals surface area contributed by atoms with E-state index in [0.717, 1.165) is 15.9 Å². The van der Waals surface area contributed by atoms with Crippen LogP contribution in [0.5, 0.6) is 0 Å². The molecule has 1 saturated heterocycles. The van der Waals surface area contributed by atoms with Gasteiger partial charge in [-0.2, -0.15) is 4.31 Å². The van der Waals surface area contributed by atoms with Gasteiger partial charge < -0.3 is 13.9 Å². The molecule has 0 bridgehead atoms. The summed E-state index contributed by atoms with van der Waals surface area (Å²) in [5.74, 6) is -1.93. The molecule has 1 aliphatic rings. The Kier molecular flexibility index (Phi) is 9.53. The fraction of sp³-hybridized carbons (Fsp3) is 0.394. The zero-order valence-electron chi connectivity index (χ0n) is 25.8. The molecule has 0 N–H and O–H groups in total. The Morgan fingerprint density at radius 1 is 0.953 bits per heavy atom. The van der Waals surface area contributed by atoms with E-state index in [9.17, 15) is 18.0 Å². The summed E-state index contributed by atoms with van der Waals surface area (Å²) in [7, 11) is -6.12. The number of methoxy groups -OCH3 is 1. The molecule has 43 heavy (non-hydrogen) atoms. The second-order valence-electron chi connectivity index (χ2n) is 12.2. The fourth-order valence-corrected chi connectivity index (χ4v) is 12.2. The molecule has 0 aliphatic carbocycles. The maximum absolute atomic E-state index is 13.6. The van der Waals surface area contributed by atoms with E-state index in [0.29, 0.717) is 4.31 Å². The van der Waals surface area contributed by atoms with Crippen molar-refractivity contribution in [3.63, 3.8) is 0 Å². The number of hydrogen-bond acceptors (Lipinski definition) is 7. The molecule has 8 nitrogen and oxygen atoms in total. The predicted molar refractivity (Wildman–Crippen MR) is 168 cm³/mol. The van der Waals surface area contributed by atoms with Crippen molar-refractivity contribution < 1.29 is 31.9 Å². The Morgan fingerprint density at radius 3 is 1.93 bits per heavy atom. The molecule has 3 aromatic carbocycles. The molecule has 3 aromatic rings. The molecule has 4 rings (SSSR count). The van der Waals surface area contributed by atoms with Gasteiger partial charge in [0.2, 0.25) is 0 Å². The highest BCUT2D eigenvalue weighted by molar-refractivity contribution is 7.89. The number of sulfonamides is 1. The normalized spacial score (nSPS) is 20.3. The smallest absolute Gasteiger partial charge is 0.424 e. The second kappa shape index (κ2) is 12.6. The first-order chi connectivity index (χ1) is 20.3. The topological polar surface area (TPSA) is 99.2 Å². The summed E-state index contributed by atoms with van der Waals surface area (Å²) in [6, 6.07) is 25.0. The molecule has 1 aliphatic heterocycles. The Hall–Kier alpha value is -3.47. The van der Waals surface area contributed by atoms with Gasteiger partial charge in [0.1, 0.15) is 6.10 Å². The number of amides is 1. The third-order valence-corrected chi connectivity index (χ3v) is 15.0. The van der Waals surface area contributed by atoms with Crippen molar-refractivity contribution in [1.82, 2.24) is 4.31 Å². The summed E-state index contributed by atoms with van der Waals surface area (Å²) < 4.78 is 45.7. The highest BCUT2D eigenvalue weighted by Crippen LogP contribution is 2.39. The third-order valence-electron chi connectivity index (χ3n) is 8.25. The van der Waals surface area contributed by atoms with Crippen LogP contribution in [-0.2, 0) is 28.7 Å². The average molecular weight is 624 g/mol. The Balaban J connectivity index is 1.69. The molecule has 1 fully saturated rings.